The first kappa shape index (κ1) is 12.7. The van der Waals surface area contributed by atoms with Gasteiger partial charge in [0, 0.05) is 0 Å². The number of primary amides is 1. The van der Waals surface area contributed by atoms with Gasteiger partial charge >= 0.3 is 0 Å². The predicted octanol–water partition coefficient (Wildman–Crippen LogP) is 1.78. The number of carbonyl (C=O) groups is 1. The number of aryl methyl sites for hydroxylation is 1. The molecule has 3 heteroatoms. The number of hydrogen-bond donors (Lipinski definition) is 2. The number of nitrogens with two attached hydrogens (primary N) is 2. The number of rotatable bonds is 2. The van der Waals surface area contributed by atoms with Crippen LogP contribution in [-0.4, -0.2) is 5.91 Å². The number of carbonyl (C=O) groups excluding carboxylic acids is 1. The van der Waals surface area contributed by atoms with Crippen molar-refractivity contribution in [3.05, 3.63) is 34.9 Å². The quantitative estimate of drug-likeness (QED) is 0.797. The van der Waals surface area contributed by atoms with Gasteiger partial charge in [0.2, 0.25) is 5.91 Å². The van der Waals surface area contributed by atoms with Crippen LogP contribution < -0.4 is 11.5 Å². The normalized spacial score (nSPS) is 13.6. The van der Waals surface area contributed by atoms with Gasteiger partial charge in [-0.15, -0.1) is 0 Å². The van der Waals surface area contributed by atoms with E-state index in [9.17, 15) is 4.79 Å². The topological polar surface area (TPSA) is 69.1 Å². The van der Waals surface area contributed by atoms with E-state index in [1.807, 2.05) is 19.1 Å². The van der Waals surface area contributed by atoms with Crippen LogP contribution in [0, 0.1) is 6.92 Å². The Balaban J connectivity index is 3.24. The first-order valence-corrected chi connectivity index (χ1v) is 5.39. The highest BCUT2D eigenvalue weighted by atomic mass is 16.1. The van der Waals surface area contributed by atoms with Crippen molar-refractivity contribution < 1.29 is 4.79 Å². The number of hydrogen-bond acceptors (Lipinski definition) is 2. The van der Waals surface area contributed by atoms with Gasteiger partial charge in [0.1, 0.15) is 6.04 Å². The molecule has 0 aliphatic heterocycles. The fourth-order valence-corrected chi connectivity index (χ4v) is 1.60. The van der Waals surface area contributed by atoms with Gasteiger partial charge in [0.15, 0.2) is 0 Å². The molecule has 1 aromatic rings. The van der Waals surface area contributed by atoms with Crippen molar-refractivity contribution in [1.82, 2.24) is 0 Å². The molecular formula is C13H20N2O. The molecule has 1 unspecified atom stereocenters. The lowest BCUT2D eigenvalue weighted by Crippen LogP contribution is -2.29. The van der Waals surface area contributed by atoms with E-state index in [4.69, 9.17) is 11.5 Å². The molecule has 4 N–H and O–H groups in total. The number of benzene rings is 1. The summed E-state index contributed by atoms with van der Waals surface area (Å²) in [4.78, 5) is 11.1. The molecule has 16 heavy (non-hydrogen) atoms. The van der Waals surface area contributed by atoms with Gasteiger partial charge < -0.3 is 11.5 Å². The highest BCUT2D eigenvalue weighted by molar-refractivity contribution is 5.81. The zero-order chi connectivity index (χ0) is 12.5. The Morgan fingerprint density at radius 2 is 1.88 bits per heavy atom. The molecule has 1 aromatic carbocycles. The van der Waals surface area contributed by atoms with E-state index < -0.39 is 11.9 Å². The summed E-state index contributed by atoms with van der Waals surface area (Å²) in [7, 11) is 0. The van der Waals surface area contributed by atoms with Gasteiger partial charge in [0.05, 0.1) is 0 Å². The summed E-state index contributed by atoms with van der Waals surface area (Å²) >= 11 is 0. The molecule has 0 saturated heterocycles. The van der Waals surface area contributed by atoms with Gasteiger partial charge in [-0.05, 0) is 29.0 Å². The Morgan fingerprint density at radius 1 is 1.31 bits per heavy atom. The average Bonchev–Trinajstić information content (AvgIpc) is 2.15. The maximum absolute atomic E-state index is 11.1. The smallest absolute Gasteiger partial charge is 0.238 e. The molecule has 3 nitrogen and oxygen atoms in total. The van der Waals surface area contributed by atoms with E-state index in [1.54, 1.807) is 0 Å². The van der Waals surface area contributed by atoms with Crippen molar-refractivity contribution in [1.29, 1.82) is 0 Å². The fraction of sp³-hybridized carbons (Fsp3) is 0.462. The second-order valence-corrected chi connectivity index (χ2v) is 5.20. The summed E-state index contributed by atoms with van der Waals surface area (Å²) in [6.45, 7) is 8.30. The molecule has 1 atom stereocenters. The third-order valence-corrected chi connectivity index (χ3v) is 2.79. The van der Waals surface area contributed by atoms with Crippen molar-refractivity contribution in [3.63, 3.8) is 0 Å². The molecule has 0 saturated carbocycles. The zero-order valence-corrected chi connectivity index (χ0v) is 10.4. The summed E-state index contributed by atoms with van der Waals surface area (Å²) in [6.07, 6.45) is 0. The summed E-state index contributed by atoms with van der Waals surface area (Å²) < 4.78 is 0. The van der Waals surface area contributed by atoms with Crippen LogP contribution in [0.1, 0.15) is 43.5 Å². The van der Waals surface area contributed by atoms with Crippen LogP contribution in [-0.2, 0) is 10.2 Å². The first-order chi connectivity index (χ1) is 7.23. The van der Waals surface area contributed by atoms with Crippen molar-refractivity contribution >= 4 is 5.91 Å². The fourth-order valence-electron chi connectivity index (χ4n) is 1.60. The summed E-state index contributed by atoms with van der Waals surface area (Å²) in [5.74, 6) is -0.492. The van der Waals surface area contributed by atoms with E-state index in [-0.39, 0.29) is 5.41 Å². The molecule has 88 valence electrons. The second kappa shape index (κ2) is 4.26. The summed E-state index contributed by atoms with van der Waals surface area (Å²) in [5, 5.41) is 0. The molecular weight excluding hydrogens is 200 g/mol. The van der Waals surface area contributed by atoms with E-state index in [1.165, 1.54) is 0 Å². The second-order valence-electron chi connectivity index (χ2n) is 5.20. The molecule has 1 rings (SSSR count). The highest BCUT2D eigenvalue weighted by Crippen LogP contribution is 2.26. The van der Waals surface area contributed by atoms with E-state index in [0.29, 0.717) is 0 Å². The predicted molar refractivity (Wildman–Crippen MR) is 66.0 cm³/mol. The first-order valence-electron chi connectivity index (χ1n) is 5.39. The zero-order valence-electron chi connectivity index (χ0n) is 10.4. The maximum Gasteiger partial charge on any atom is 0.238 e. The lowest BCUT2D eigenvalue weighted by Gasteiger charge is -2.22. The Kier molecular flexibility index (Phi) is 3.38. The Labute approximate surface area is 96.8 Å². The lowest BCUT2D eigenvalue weighted by atomic mass is 9.84. The SMILES string of the molecule is Cc1ccc(C(C)(C)C)cc1C(N)C(N)=O. The van der Waals surface area contributed by atoms with Crippen molar-refractivity contribution in [2.24, 2.45) is 11.5 Å². The van der Waals surface area contributed by atoms with Crippen LogP contribution in [0.4, 0.5) is 0 Å². The summed E-state index contributed by atoms with van der Waals surface area (Å²) in [5.41, 5.74) is 14.0. The van der Waals surface area contributed by atoms with Crippen LogP contribution in [0.3, 0.4) is 0 Å². The van der Waals surface area contributed by atoms with Crippen molar-refractivity contribution in [3.8, 4) is 0 Å². The largest absolute Gasteiger partial charge is 0.368 e. The molecule has 0 aliphatic rings. The third-order valence-electron chi connectivity index (χ3n) is 2.79. The van der Waals surface area contributed by atoms with Gasteiger partial charge in [0.25, 0.3) is 0 Å². The van der Waals surface area contributed by atoms with Crippen LogP contribution in [0.2, 0.25) is 0 Å². The average molecular weight is 220 g/mol. The molecule has 0 aromatic heterocycles. The summed E-state index contributed by atoms with van der Waals surface area (Å²) in [6, 6.07) is 5.30. The minimum atomic E-state index is -0.720. The van der Waals surface area contributed by atoms with Crippen molar-refractivity contribution in [2.45, 2.75) is 39.2 Å². The maximum atomic E-state index is 11.1. The van der Waals surface area contributed by atoms with Crippen LogP contribution >= 0.6 is 0 Å². The molecule has 0 radical (unpaired) electrons. The molecule has 0 spiro atoms. The van der Waals surface area contributed by atoms with Crippen LogP contribution in [0.25, 0.3) is 0 Å². The van der Waals surface area contributed by atoms with Crippen LogP contribution in [0.15, 0.2) is 18.2 Å². The van der Waals surface area contributed by atoms with Gasteiger partial charge in [-0.25, -0.2) is 0 Å². The third kappa shape index (κ3) is 2.61. The van der Waals surface area contributed by atoms with Crippen LogP contribution in [0.5, 0.6) is 0 Å². The molecule has 0 bridgehead atoms. The minimum Gasteiger partial charge on any atom is -0.368 e. The molecule has 1 amide bonds. The minimum absolute atomic E-state index is 0.0415. The monoisotopic (exact) mass is 220 g/mol. The standard InChI is InChI=1S/C13H20N2O/c1-8-5-6-9(13(2,3)4)7-10(8)11(14)12(15)16/h5-7,11H,14H2,1-4H3,(H2,15,16). The molecule has 0 fully saturated rings. The van der Waals surface area contributed by atoms with Gasteiger partial charge in [-0.1, -0.05) is 39.0 Å². The van der Waals surface area contributed by atoms with E-state index >= 15 is 0 Å². The highest BCUT2D eigenvalue weighted by Gasteiger charge is 2.19. The molecule has 0 aliphatic carbocycles. The van der Waals surface area contributed by atoms with E-state index in [0.717, 1.165) is 16.7 Å². The number of amides is 1. The molecule has 0 heterocycles. The Hall–Kier alpha value is -1.35. The van der Waals surface area contributed by atoms with Gasteiger partial charge in [-0.2, -0.15) is 0 Å². The Morgan fingerprint density at radius 3 is 2.31 bits per heavy atom. The van der Waals surface area contributed by atoms with Crippen molar-refractivity contribution in [2.75, 3.05) is 0 Å². The van der Waals surface area contributed by atoms with Gasteiger partial charge in [-0.3, -0.25) is 4.79 Å². The lowest BCUT2D eigenvalue weighted by molar-refractivity contribution is -0.119. The van der Waals surface area contributed by atoms with E-state index in [2.05, 4.69) is 26.8 Å². The Bertz CT molecular complexity index is 405.